The zero-order valence-corrected chi connectivity index (χ0v) is 8.71. The molecule has 0 saturated heterocycles. The van der Waals surface area contributed by atoms with E-state index in [0.29, 0.717) is 15.7 Å². The Morgan fingerprint density at radius 2 is 1.83 bits per heavy atom. The minimum absolute atomic E-state index is 0.0980. The molecular weight excluding hydrogens is 240 g/mol. The van der Waals surface area contributed by atoms with Gasteiger partial charge in [-0.1, -0.05) is 23.2 Å². The highest BCUT2D eigenvalue weighted by Gasteiger charge is 1.99. The maximum atomic E-state index is 5.76. The fraction of sp³-hybridized carbons (Fsp3) is 0. The highest BCUT2D eigenvalue weighted by Crippen LogP contribution is 2.28. The van der Waals surface area contributed by atoms with E-state index in [2.05, 4.69) is 4.99 Å². The predicted molar refractivity (Wildman–Crippen MR) is 55.3 cm³/mol. The summed E-state index contributed by atoms with van der Waals surface area (Å²) in [7, 11) is 0. The van der Waals surface area contributed by atoms with E-state index in [4.69, 9.17) is 46.4 Å². The van der Waals surface area contributed by atoms with Crippen molar-refractivity contribution in [3.63, 3.8) is 0 Å². The summed E-state index contributed by atoms with van der Waals surface area (Å²) in [6.45, 7) is 0. The van der Waals surface area contributed by atoms with Crippen LogP contribution in [0.1, 0.15) is 0 Å². The molecule has 0 aliphatic rings. The van der Waals surface area contributed by atoms with Crippen LogP contribution in [0, 0.1) is 0 Å². The molecule has 0 saturated carbocycles. The fourth-order valence-electron chi connectivity index (χ4n) is 0.663. The number of halogens is 4. The van der Waals surface area contributed by atoms with Gasteiger partial charge in [0.2, 0.25) is 0 Å². The lowest BCUT2D eigenvalue weighted by atomic mass is 10.3. The first kappa shape index (κ1) is 10.1. The molecule has 0 heterocycles. The first-order valence-corrected chi connectivity index (χ1v) is 4.45. The number of aliphatic imine (C=N–C) groups is 1. The van der Waals surface area contributed by atoms with Gasteiger partial charge in [0.1, 0.15) is 0 Å². The maximum Gasteiger partial charge on any atom is 0.197 e. The minimum atomic E-state index is -0.0980. The third-order valence-electron chi connectivity index (χ3n) is 1.11. The second-order valence-corrected chi connectivity index (χ2v) is 3.70. The number of hydrogen-bond acceptors (Lipinski definition) is 1. The number of rotatable bonds is 1. The molecule has 1 aromatic rings. The SMILES string of the molecule is ClC(Cl)=Nc1cc(Cl)ccc1Cl. The van der Waals surface area contributed by atoms with Crippen molar-refractivity contribution in [2.24, 2.45) is 4.99 Å². The van der Waals surface area contributed by atoms with Gasteiger partial charge in [0, 0.05) is 5.02 Å². The molecule has 64 valence electrons. The Balaban J connectivity index is 3.14. The van der Waals surface area contributed by atoms with E-state index < -0.39 is 0 Å². The van der Waals surface area contributed by atoms with Crippen molar-refractivity contribution >= 4 is 56.7 Å². The van der Waals surface area contributed by atoms with E-state index in [9.17, 15) is 0 Å². The molecule has 0 atom stereocenters. The van der Waals surface area contributed by atoms with Crippen LogP contribution in [0.3, 0.4) is 0 Å². The second kappa shape index (κ2) is 4.33. The third kappa shape index (κ3) is 2.83. The average molecular weight is 243 g/mol. The minimum Gasteiger partial charge on any atom is -0.224 e. The maximum absolute atomic E-state index is 5.76. The largest absolute Gasteiger partial charge is 0.224 e. The molecule has 12 heavy (non-hydrogen) atoms. The highest BCUT2D eigenvalue weighted by atomic mass is 35.5. The number of benzene rings is 1. The molecule has 1 nitrogen and oxygen atoms in total. The smallest absolute Gasteiger partial charge is 0.197 e. The van der Waals surface area contributed by atoms with Gasteiger partial charge >= 0.3 is 0 Å². The summed E-state index contributed by atoms with van der Waals surface area (Å²) in [6.07, 6.45) is 0. The van der Waals surface area contributed by atoms with Crippen LogP contribution >= 0.6 is 46.4 Å². The van der Waals surface area contributed by atoms with Crippen LogP contribution < -0.4 is 0 Å². The van der Waals surface area contributed by atoms with E-state index in [1.54, 1.807) is 18.2 Å². The summed E-state index contributed by atoms with van der Waals surface area (Å²) >= 11 is 22.1. The van der Waals surface area contributed by atoms with Crippen LogP contribution in [-0.2, 0) is 0 Å². The summed E-state index contributed by atoms with van der Waals surface area (Å²) in [5, 5.41) is 0.992. The van der Waals surface area contributed by atoms with Gasteiger partial charge in [-0.25, -0.2) is 4.99 Å². The lowest BCUT2D eigenvalue weighted by Gasteiger charge is -1.97. The molecule has 1 aromatic carbocycles. The van der Waals surface area contributed by atoms with Crippen LogP contribution in [-0.4, -0.2) is 4.63 Å². The van der Waals surface area contributed by atoms with Crippen molar-refractivity contribution < 1.29 is 0 Å². The fourth-order valence-corrected chi connectivity index (χ4v) is 1.17. The molecule has 0 fully saturated rings. The Morgan fingerprint density at radius 1 is 1.17 bits per heavy atom. The monoisotopic (exact) mass is 241 g/mol. The van der Waals surface area contributed by atoms with E-state index >= 15 is 0 Å². The third-order valence-corrected chi connectivity index (χ3v) is 1.84. The summed E-state index contributed by atoms with van der Waals surface area (Å²) < 4.78 is -0.0980. The molecular formula is C7H3Cl4N. The molecule has 0 aliphatic carbocycles. The second-order valence-electron chi connectivity index (χ2n) is 1.95. The zero-order valence-electron chi connectivity index (χ0n) is 5.69. The quantitative estimate of drug-likeness (QED) is 0.645. The normalized spacial score (nSPS) is 9.67. The first-order valence-electron chi connectivity index (χ1n) is 2.94. The summed E-state index contributed by atoms with van der Waals surface area (Å²) in [5.74, 6) is 0. The lowest BCUT2D eigenvalue weighted by molar-refractivity contribution is 1.54. The van der Waals surface area contributed by atoms with Gasteiger partial charge < -0.3 is 0 Å². The Bertz CT molecular complexity index is 317. The lowest BCUT2D eigenvalue weighted by Crippen LogP contribution is -1.72. The zero-order chi connectivity index (χ0) is 9.14. The van der Waals surface area contributed by atoms with Gasteiger partial charge in [-0.2, -0.15) is 0 Å². The van der Waals surface area contributed by atoms with Crippen molar-refractivity contribution in [3.8, 4) is 0 Å². The molecule has 1 rings (SSSR count). The Labute approximate surface area is 89.9 Å². The summed E-state index contributed by atoms with van der Waals surface area (Å²) in [4.78, 5) is 3.75. The molecule has 0 unspecified atom stereocenters. The van der Waals surface area contributed by atoms with Crippen molar-refractivity contribution in [1.29, 1.82) is 0 Å². The van der Waals surface area contributed by atoms with Crippen LogP contribution in [0.25, 0.3) is 0 Å². The van der Waals surface area contributed by atoms with Crippen molar-refractivity contribution in [2.75, 3.05) is 0 Å². The molecule has 0 bridgehead atoms. The molecule has 0 aromatic heterocycles. The Kier molecular flexibility index (Phi) is 3.66. The van der Waals surface area contributed by atoms with Crippen LogP contribution in [0.5, 0.6) is 0 Å². The average Bonchev–Trinajstić information content (AvgIpc) is 1.96. The topological polar surface area (TPSA) is 12.4 Å². The van der Waals surface area contributed by atoms with Gasteiger partial charge in [0.25, 0.3) is 0 Å². The molecule has 5 heteroatoms. The number of nitrogens with zero attached hydrogens (tertiary/aromatic N) is 1. The predicted octanol–water partition coefficient (Wildman–Crippen LogP) is 4.46. The Morgan fingerprint density at radius 3 is 2.42 bits per heavy atom. The standard InChI is InChI=1S/C7H3Cl4N/c8-4-1-2-5(9)6(3-4)12-7(10)11/h1-3H. The van der Waals surface area contributed by atoms with E-state index in [1.165, 1.54) is 0 Å². The van der Waals surface area contributed by atoms with E-state index in [0.717, 1.165) is 0 Å². The first-order chi connectivity index (χ1) is 5.59. The van der Waals surface area contributed by atoms with Crippen molar-refractivity contribution in [3.05, 3.63) is 28.2 Å². The van der Waals surface area contributed by atoms with E-state index in [-0.39, 0.29) is 4.63 Å². The number of hydrogen-bond donors (Lipinski definition) is 0. The van der Waals surface area contributed by atoms with Crippen molar-refractivity contribution in [2.45, 2.75) is 0 Å². The Hall–Kier alpha value is 0.0500. The van der Waals surface area contributed by atoms with Crippen LogP contribution in [0.4, 0.5) is 5.69 Å². The van der Waals surface area contributed by atoms with Crippen molar-refractivity contribution in [1.82, 2.24) is 0 Å². The van der Waals surface area contributed by atoms with E-state index in [1.807, 2.05) is 0 Å². The molecule has 0 spiro atoms. The summed E-state index contributed by atoms with van der Waals surface area (Å²) in [6, 6.07) is 4.86. The van der Waals surface area contributed by atoms with Crippen LogP contribution in [0.15, 0.2) is 23.2 Å². The van der Waals surface area contributed by atoms with Gasteiger partial charge in [0.15, 0.2) is 4.63 Å². The van der Waals surface area contributed by atoms with Gasteiger partial charge in [-0.3, -0.25) is 0 Å². The molecule has 0 N–H and O–H groups in total. The molecule has 0 radical (unpaired) electrons. The van der Waals surface area contributed by atoms with Gasteiger partial charge in [0.05, 0.1) is 10.7 Å². The summed E-state index contributed by atoms with van der Waals surface area (Å²) in [5.41, 5.74) is 0.462. The highest BCUT2D eigenvalue weighted by molar-refractivity contribution is 6.95. The molecule has 0 amide bonds. The molecule has 0 aliphatic heterocycles. The van der Waals surface area contributed by atoms with Crippen LogP contribution in [0.2, 0.25) is 10.0 Å². The van der Waals surface area contributed by atoms with Gasteiger partial charge in [-0.05, 0) is 41.4 Å². The van der Waals surface area contributed by atoms with Gasteiger partial charge in [-0.15, -0.1) is 0 Å².